The molecule has 0 radical (unpaired) electrons. The van der Waals surface area contributed by atoms with Crippen LogP contribution in [0.1, 0.15) is 24.6 Å². The molecule has 0 saturated carbocycles. The van der Waals surface area contributed by atoms with Crippen molar-refractivity contribution in [2.75, 3.05) is 32.9 Å². The second-order valence-electron chi connectivity index (χ2n) is 5.42. The lowest BCUT2D eigenvalue weighted by atomic mass is 10.1. The molecule has 1 fully saturated rings. The van der Waals surface area contributed by atoms with Gasteiger partial charge in [-0.2, -0.15) is 5.10 Å². The van der Waals surface area contributed by atoms with Crippen LogP contribution < -0.4 is 5.73 Å². The number of aryl methyl sites for hydroxylation is 1. The minimum Gasteiger partial charge on any atom is -0.378 e. The Labute approximate surface area is 122 Å². The van der Waals surface area contributed by atoms with Crippen LogP contribution in [0.25, 0.3) is 0 Å². The quantitative estimate of drug-likeness (QED) is 0.646. The monoisotopic (exact) mass is 296 g/mol. The summed E-state index contributed by atoms with van der Waals surface area (Å²) >= 11 is 0. The molecule has 1 saturated heterocycles. The molecule has 2 heterocycles. The Morgan fingerprint density at radius 1 is 1.43 bits per heavy atom. The van der Waals surface area contributed by atoms with Gasteiger partial charge in [0.1, 0.15) is 5.69 Å². The second kappa shape index (κ2) is 5.58. The van der Waals surface area contributed by atoms with Crippen molar-refractivity contribution >= 4 is 17.5 Å². The molecule has 1 aromatic heterocycles. The summed E-state index contributed by atoms with van der Waals surface area (Å²) in [4.78, 5) is 25.6. The highest BCUT2D eigenvalue weighted by Crippen LogP contribution is 2.32. The van der Waals surface area contributed by atoms with E-state index in [1.807, 2.05) is 0 Å². The van der Waals surface area contributed by atoms with Gasteiger partial charge in [-0.25, -0.2) is 9.48 Å². The number of carbonyl (C=O) groups is 1. The number of likely N-dealkylation sites (tertiary alicyclic amines) is 1. The van der Waals surface area contributed by atoms with E-state index in [2.05, 4.69) is 5.10 Å². The molecule has 0 aromatic carbocycles. The van der Waals surface area contributed by atoms with E-state index in [-0.39, 0.29) is 23.6 Å². The first-order chi connectivity index (χ1) is 9.82. The molecule has 0 aliphatic carbocycles. The Morgan fingerprint density at radius 2 is 2.00 bits per heavy atom. The van der Waals surface area contributed by atoms with Gasteiger partial charge < -0.3 is 15.5 Å². The average molecular weight is 296 g/mol. The van der Waals surface area contributed by atoms with Gasteiger partial charge in [0.2, 0.25) is 5.82 Å². The van der Waals surface area contributed by atoms with Crippen LogP contribution in [0, 0.1) is 17.0 Å². The van der Waals surface area contributed by atoms with E-state index in [1.165, 1.54) is 9.58 Å². The highest BCUT2D eigenvalue weighted by Gasteiger charge is 2.30. The fourth-order valence-corrected chi connectivity index (χ4v) is 2.65. The summed E-state index contributed by atoms with van der Waals surface area (Å²) in [5.74, 6) is 0.0925. The molecule has 9 heteroatoms. The number of nitro groups is 1. The molecule has 1 aliphatic heterocycles. The van der Waals surface area contributed by atoms with Gasteiger partial charge in [0, 0.05) is 27.2 Å². The van der Waals surface area contributed by atoms with Crippen molar-refractivity contribution in [1.29, 1.82) is 0 Å². The number of piperidine rings is 1. The summed E-state index contributed by atoms with van der Waals surface area (Å²) < 4.78 is 1.53. The van der Waals surface area contributed by atoms with Gasteiger partial charge in [-0.15, -0.1) is 0 Å². The van der Waals surface area contributed by atoms with Crippen LogP contribution in [0.4, 0.5) is 16.3 Å². The van der Waals surface area contributed by atoms with Crippen molar-refractivity contribution in [2.24, 2.45) is 0 Å². The molecule has 0 spiro atoms. The molecule has 9 nitrogen and oxygen atoms in total. The van der Waals surface area contributed by atoms with Crippen molar-refractivity contribution in [3.8, 4) is 0 Å². The van der Waals surface area contributed by atoms with Crippen LogP contribution in [0.15, 0.2) is 0 Å². The van der Waals surface area contributed by atoms with E-state index in [0.717, 1.165) is 0 Å². The molecule has 2 rings (SSSR count). The van der Waals surface area contributed by atoms with Gasteiger partial charge in [-0.3, -0.25) is 10.1 Å². The van der Waals surface area contributed by atoms with Crippen molar-refractivity contribution in [3.63, 3.8) is 0 Å². The molecular formula is C12H20N6O3. The number of hydrogen-bond acceptors (Lipinski definition) is 5. The third kappa shape index (κ3) is 2.76. The Bertz CT molecular complexity index is 560. The lowest BCUT2D eigenvalue weighted by molar-refractivity contribution is -0.384. The first-order valence-corrected chi connectivity index (χ1v) is 6.78. The summed E-state index contributed by atoms with van der Waals surface area (Å²) in [5, 5.41) is 15.2. The van der Waals surface area contributed by atoms with Gasteiger partial charge in [-0.1, -0.05) is 0 Å². The average Bonchev–Trinajstić information content (AvgIpc) is 2.73. The van der Waals surface area contributed by atoms with Crippen LogP contribution in [0.3, 0.4) is 0 Å². The number of nitrogens with zero attached hydrogens (tertiary/aromatic N) is 5. The van der Waals surface area contributed by atoms with Crippen LogP contribution in [-0.2, 0) is 0 Å². The van der Waals surface area contributed by atoms with E-state index in [4.69, 9.17) is 5.73 Å². The summed E-state index contributed by atoms with van der Waals surface area (Å²) in [6, 6.07) is -0.0346. The number of rotatable bonds is 2. The zero-order chi connectivity index (χ0) is 15.7. The Balaban J connectivity index is 2.11. The Kier molecular flexibility index (Phi) is 4.01. The highest BCUT2D eigenvalue weighted by atomic mass is 16.6. The van der Waals surface area contributed by atoms with Crippen molar-refractivity contribution in [1.82, 2.24) is 19.6 Å². The molecular weight excluding hydrogens is 276 g/mol. The summed E-state index contributed by atoms with van der Waals surface area (Å²) in [6.45, 7) is 2.76. The molecule has 0 bridgehead atoms. The third-order valence-electron chi connectivity index (χ3n) is 3.74. The molecule has 1 aliphatic rings. The number of nitrogen functional groups attached to an aromatic ring is 1. The molecule has 2 amide bonds. The van der Waals surface area contributed by atoms with E-state index in [0.29, 0.717) is 31.6 Å². The molecule has 0 atom stereocenters. The first kappa shape index (κ1) is 15.1. The summed E-state index contributed by atoms with van der Waals surface area (Å²) in [7, 11) is 3.43. The van der Waals surface area contributed by atoms with E-state index in [9.17, 15) is 14.9 Å². The second-order valence-corrected chi connectivity index (χ2v) is 5.42. The van der Waals surface area contributed by atoms with Crippen molar-refractivity contribution in [2.45, 2.75) is 25.8 Å². The SMILES string of the molecule is Cc1nn(C2CCN(C(=O)N(C)C)CC2)c(N)c1[N+](=O)[O-]. The van der Waals surface area contributed by atoms with Gasteiger partial charge in [0.05, 0.1) is 11.0 Å². The Morgan fingerprint density at radius 3 is 2.43 bits per heavy atom. The van der Waals surface area contributed by atoms with Crippen LogP contribution in [-0.4, -0.2) is 57.7 Å². The van der Waals surface area contributed by atoms with Crippen LogP contribution in [0.5, 0.6) is 0 Å². The minimum absolute atomic E-state index is 0.0105. The van der Waals surface area contributed by atoms with Crippen molar-refractivity contribution in [3.05, 3.63) is 15.8 Å². The molecule has 116 valence electrons. The third-order valence-corrected chi connectivity index (χ3v) is 3.74. The largest absolute Gasteiger partial charge is 0.378 e. The van der Waals surface area contributed by atoms with Crippen LogP contribution >= 0.6 is 0 Å². The standard InChI is InChI=1S/C12H20N6O3/c1-8-10(18(20)21)11(13)17(14-8)9-4-6-16(7-5-9)12(19)15(2)3/h9H,4-7,13H2,1-3H3. The molecule has 2 N–H and O–H groups in total. The van der Waals surface area contributed by atoms with E-state index >= 15 is 0 Å². The van der Waals surface area contributed by atoms with Gasteiger partial charge in [0.25, 0.3) is 0 Å². The highest BCUT2D eigenvalue weighted by molar-refractivity contribution is 5.73. The zero-order valence-corrected chi connectivity index (χ0v) is 12.4. The normalized spacial score (nSPS) is 16.0. The Hall–Kier alpha value is -2.32. The molecule has 1 aromatic rings. The minimum atomic E-state index is -0.501. The van der Waals surface area contributed by atoms with Gasteiger partial charge in [-0.05, 0) is 19.8 Å². The van der Waals surface area contributed by atoms with Crippen LogP contribution in [0.2, 0.25) is 0 Å². The summed E-state index contributed by atoms with van der Waals surface area (Å²) in [5.41, 5.74) is 6.05. The topological polar surface area (TPSA) is 111 Å². The van der Waals surface area contributed by atoms with Gasteiger partial charge >= 0.3 is 11.7 Å². The van der Waals surface area contributed by atoms with E-state index < -0.39 is 4.92 Å². The molecule has 0 unspecified atom stereocenters. The lowest BCUT2D eigenvalue weighted by Gasteiger charge is -2.33. The first-order valence-electron chi connectivity index (χ1n) is 6.78. The number of hydrogen-bond donors (Lipinski definition) is 1. The number of amides is 2. The predicted octanol–water partition coefficient (Wildman–Crippen LogP) is 1.00. The fourth-order valence-electron chi connectivity index (χ4n) is 2.65. The van der Waals surface area contributed by atoms with Gasteiger partial charge in [0.15, 0.2) is 0 Å². The zero-order valence-electron chi connectivity index (χ0n) is 12.4. The maximum Gasteiger partial charge on any atom is 0.333 e. The maximum atomic E-state index is 11.9. The smallest absolute Gasteiger partial charge is 0.333 e. The number of carbonyl (C=O) groups excluding carboxylic acids is 1. The molecule has 21 heavy (non-hydrogen) atoms. The number of nitrogens with two attached hydrogens (primary N) is 1. The fraction of sp³-hybridized carbons (Fsp3) is 0.667. The number of anilines is 1. The van der Waals surface area contributed by atoms with Crippen molar-refractivity contribution < 1.29 is 9.72 Å². The summed E-state index contributed by atoms with van der Waals surface area (Å²) in [6.07, 6.45) is 1.37. The number of aromatic nitrogens is 2. The number of urea groups is 1. The maximum absolute atomic E-state index is 11.9. The lowest BCUT2D eigenvalue weighted by Crippen LogP contribution is -2.44. The van der Waals surface area contributed by atoms with E-state index in [1.54, 1.807) is 25.9 Å². The predicted molar refractivity (Wildman–Crippen MR) is 77.0 cm³/mol.